The third kappa shape index (κ3) is 3.37. The van der Waals surface area contributed by atoms with Crippen molar-refractivity contribution in [1.82, 2.24) is 4.90 Å². The van der Waals surface area contributed by atoms with Gasteiger partial charge in [-0.2, -0.15) is 0 Å². The monoisotopic (exact) mass is 424 g/mol. The average Bonchev–Trinajstić information content (AvgIpc) is 3.32. The van der Waals surface area contributed by atoms with Crippen LogP contribution in [-0.4, -0.2) is 41.7 Å². The van der Waals surface area contributed by atoms with E-state index in [2.05, 4.69) is 5.32 Å². The van der Waals surface area contributed by atoms with Gasteiger partial charge in [-0.1, -0.05) is 23.2 Å². The minimum absolute atomic E-state index is 0.251. The fourth-order valence-electron chi connectivity index (χ4n) is 4.72. The van der Waals surface area contributed by atoms with E-state index in [1.165, 1.54) is 12.1 Å². The van der Waals surface area contributed by atoms with Gasteiger partial charge >= 0.3 is 5.97 Å². The quantitative estimate of drug-likeness (QED) is 0.578. The molecule has 2 bridgehead atoms. The van der Waals surface area contributed by atoms with Gasteiger partial charge in [0.1, 0.15) is 6.54 Å². The van der Waals surface area contributed by atoms with Crippen LogP contribution in [-0.2, 0) is 23.9 Å². The predicted molar refractivity (Wildman–Crippen MR) is 101 cm³/mol. The van der Waals surface area contributed by atoms with Crippen LogP contribution < -0.4 is 5.32 Å². The van der Waals surface area contributed by atoms with Crippen molar-refractivity contribution >= 4 is 52.6 Å². The third-order valence-electron chi connectivity index (χ3n) is 5.88. The zero-order valence-electron chi connectivity index (χ0n) is 14.8. The number of nitrogens with one attached hydrogen (secondary N) is 1. The van der Waals surface area contributed by atoms with Gasteiger partial charge in [-0.15, -0.1) is 0 Å². The van der Waals surface area contributed by atoms with Crippen molar-refractivity contribution in [3.63, 3.8) is 0 Å². The van der Waals surface area contributed by atoms with E-state index in [1.54, 1.807) is 6.07 Å². The molecule has 9 heteroatoms. The number of amides is 3. The molecule has 1 aliphatic heterocycles. The van der Waals surface area contributed by atoms with Crippen molar-refractivity contribution in [2.24, 2.45) is 23.7 Å². The molecule has 4 atom stereocenters. The largest absolute Gasteiger partial charge is 0.454 e. The van der Waals surface area contributed by atoms with Crippen LogP contribution in [0.3, 0.4) is 0 Å². The smallest absolute Gasteiger partial charge is 0.326 e. The Kier molecular flexibility index (Phi) is 5.05. The van der Waals surface area contributed by atoms with Crippen molar-refractivity contribution in [2.45, 2.75) is 19.3 Å². The number of hydrogen-bond donors (Lipinski definition) is 1. The van der Waals surface area contributed by atoms with E-state index in [9.17, 15) is 19.2 Å². The highest BCUT2D eigenvalue weighted by molar-refractivity contribution is 6.36. The van der Waals surface area contributed by atoms with Gasteiger partial charge in [0.15, 0.2) is 6.61 Å². The first-order chi connectivity index (χ1) is 13.3. The van der Waals surface area contributed by atoms with Gasteiger partial charge in [0.2, 0.25) is 11.8 Å². The summed E-state index contributed by atoms with van der Waals surface area (Å²) in [6, 6.07) is 4.56. The topological polar surface area (TPSA) is 92.8 Å². The lowest BCUT2D eigenvalue weighted by Gasteiger charge is -2.19. The van der Waals surface area contributed by atoms with Crippen LogP contribution in [0, 0.1) is 23.7 Å². The number of anilines is 1. The summed E-state index contributed by atoms with van der Waals surface area (Å²) in [5.74, 6) is -2.01. The standard InChI is InChI=1S/C19H18Cl2N2O5/c20-11-3-4-13(12(21)6-11)22-14(24)8-28-15(25)7-23-18(26)16-9-1-2-10(5-9)17(16)19(23)27/h3-4,6,9-10,16-17H,1-2,5,7-8H2,(H,22,24)/t9-,10-,16-,17-/m0/s1. The summed E-state index contributed by atoms with van der Waals surface area (Å²) < 4.78 is 4.92. The Hall–Kier alpha value is -2.12. The second-order valence-corrected chi connectivity index (χ2v) is 8.32. The summed E-state index contributed by atoms with van der Waals surface area (Å²) >= 11 is 11.8. The molecule has 3 aliphatic rings. The van der Waals surface area contributed by atoms with Gasteiger partial charge < -0.3 is 10.1 Å². The number of rotatable bonds is 5. The van der Waals surface area contributed by atoms with Crippen LogP contribution in [0.4, 0.5) is 5.69 Å². The molecule has 0 aromatic heterocycles. The Labute approximate surface area is 171 Å². The van der Waals surface area contributed by atoms with Crippen LogP contribution in [0.15, 0.2) is 18.2 Å². The maximum atomic E-state index is 12.6. The lowest BCUT2D eigenvalue weighted by molar-refractivity contribution is -0.154. The zero-order valence-corrected chi connectivity index (χ0v) is 16.3. The number of hydrogen-bond acceptors (Lipinski definition) is 5. The second kappa shape index (κ2) is 7.37. The molecule has 0 radical (unpaired) electrons. The molecule has 0 unspecified atom stereocenters. The number of fused-ring (bicyclic) bond motifs is 5. The molecule has 1 aromatic rings. The minimum atomic E-state index is -0.800. The number of imide groups is 1. The number of carbonyl (C=O) groups is 4. The van der Waals surface area contributed by atoms with E-state index in [4.69, 9.17) is 27.9 Å². The molecule has 28 heavy (non-hydrogen) atoms. The van der Waals surface area contributed by atoms with Gasteiger partial charge in [0, 0.05) is 5.02 Å². The molecule has 148 valence electrons. The number of esters is 1. The fraction of sp³-hybridized carbons (Fsp3) is 0.474. The maximum Gasteiger partial charge on any atom is 0.326 e. The van der Waals surface area contributed by atoms with Crippen LogP contribution in [0.2, 0.25) is 10.0 Å². The van der Waals surface area contributed by atoms with E-state index in [1.807, 2.05) is 0 Å². The first-order valence-corrected chi connectivity index (χ1v) is 9.86. The number of ether oxygens (including phenoxy) is 1. The molecule has 1 saturated heterocycles. The maximum absolute atomic E-state index is 12.6. The first-order valence-electron chi connectivity index (χ1n) is 9.11. The van der Waals surface area contributed by atoms with Gasteiger partial charge in [0.05, 0.1) is 22.5 Å². The fourth-order valence-corrected chi connectivity index (χ4v) is 5.18. The highest BCUT2D eigenvalue weighted by Crippen LogP contribution is 2.56. The van der Waals surface area contributed by atoms with Crippen LogP contribution in [0.1, 0.15) is 19.3 Å². The molecule has 2 aliphatic carbocycles. The molecule has 2 saturated carbocycles. The summed E-state index contributed by atoms with van der Waals surface area (Å²) in [4.78, 5) is 50.1. The molecule has 4 rings (SSSR count). The SMILES string of the molecule is O=C(COC(=O)CN1C(=O)[C@H]2[C@H]3CC[C@@H](C3)[C@@H]2C1=O)Nc1ccc(Cl)cc1Cl. The van der Waals surface area contributed by atoms with Crippen molar-refractivity contribution in [3.05, 3.63) is 28.2 Å². The molecule has 0 spiro atoms. The van der Waals surface area contributed by atoms with E-state index in [0.29, 0.717) is 10.7 Å². The van der Waals surface area contributed by atoms with Crippen LogP contribution in [0.5, 0.6) is 0 Å². The van der Waals surface area contributed by atoms with E-state index in [-0.39, 0.29) is 40.5 Å². The summed E-state index contributed by atoms with van der Waals surface area (Å²) in [6.07, 6.45) is 2.87. The van der Waals surface area contributed by atoms with Crippen molar-refractivity contribution in [1.29, 1.82) is 0 Å². The summed E-state index contributed by atoms with van der Waals surface area (Å²) in [7, 11) is 0. The minimum Gasteiger partial charge on any atom is -0.454 e. The highest BCUT2D eigenvalue weighted by atomic mass is 35.5. The molecule has 1 N–H and O–H groups in total. The number of nitrogens with zero attached hydrogens (tertiary/aromatic N) is 1. The second-order valence-electron chi connectivity index (χ2n) is 7.48. The van der Waals surface area contributed by atoms with Crippen LogP contribution >= 0.6 is 23.2 Å². The molecular formula is C19H18Cl2N2O5. The molecule has 7 nitrogen and oxygen atoms in total. The normalized spacial score (nSPS) is 27.9. The Balaban J connectivity index is 1.29. The summed E-state index contributed by atoms with van der Waals surface area (Å²) in [5, 5.41) is 3.18. The predicted octanol–water partition coefficient (Wildman–Crippen LogP) is 2.51. The van der Waals surface area contributed by atoms with Crippen molar-refractivity contribution in [2.75, 3.05) is 18.5 Å². The molecular weight excluding hydrogens is 407 g/mol. The zero-order chi connectivity index (χ0) is 20.0. The summed E-state index contributed by atoms with van der Waals surface area (Å²) in [5.41, 5.74) is 0.334. The molecule has 3 fully saturated rings. The Bertz CT molecular complexity index is 846. The Morgan fingerprint density at radius 2 is 1.75 bits per heavy atom. The van der Waals surface area contributed by atoms with E-state index in [0.717, 1.165) is 24.2 Å². The Morgan fingerprint density at radius 3 is 2.36 bits per heavy atom. The molecule has 1 heterocycles. The first kappa shape index (κ1) is 19.2. The number of benzene rings is 1. The average molecular weight is 425 g/mol. The Morgan fingerprint density at radius 1 is 1.11 bits per heavy atom. The van der Waals surface area contributed by atoms with E-state index >= 15 is 0 Å². The van der Waals surface area contributed by atoms with Crippen LogP contribution in [0.25, 0.3) is 0 Å². The lowest BCUT2D eigenvalue weighted by atomic mass is 9.81. The number of halogens is 2. The van der Waals surface area contributed by atoms with Gasteiger partial charge in [-0.25, -0.2) is 0 Å². The molecule has 1 aromatic carbocycles. The van der Waals surface area contributed by atoms with E-state index < -0.39 is 25.0 Å². The van der Waals surface area contributed by atoms with Crippen molar-refractivity contribution in [3.8, 4) is 0 Å². The third-order valence-corrected chi connectivity index (χ3v) is 6.42. The highest BCUT2D eigenvalue weighted by Gasteiger charge is 2.61. The van der Waals surface area contributed by atoms with Gasteiger partial charge in [-0.05, 0) is 49.3 Å². The van der Waals surface area contributed by atoms with Crippen molar-refractivity contribution < 1.29 is 23.9 Å². The van der Waals surface area contributed by atoms with Gasteiger partial charge in [0.25, 0.3) is 5.91 Å². The van der Waals surface area contributed by atoms with Gasteiger partial charge in [-0.3, -0.25) is 24.1 Å². The lowest BCUT2D eigenvalue weighted by Crippen LogP contribution is -2.38. The number of carbonyl (C=O) groups excluding carboxylic acids is 4. The summed E-state index contributed by atoms with van der Waals surface area (Å²) in [6.45, 7) is -1.01. The molecule has 3 amide bonds. The number of likely N-dealkylation sites (tertiary alicyclic amines) is 1.